The van der Waals surface area contributed by atoms with Crippen molar-refractivity contribution < 1.29 is 28.6 Å². The molecule has 1 saturated heterocycles. The molecule has 224 valence electrons. The van der Waals surface area contributed by atoms with Gasteiger partial charge in [-0.05, 0) is 92.3 Å². The summed E-state index contributed by atoms with van der Waals surface area (Å²) in [5, 5.41) is 0. The molecule has 0 aromatic carbocycles. The lowest BCUT2D eigenvalue weighted by molar-refractivity contribution is -0.298. The molecule has 40 heavy (non-hydrogen) atoms. The molecule has 1 spiro atoms. The number of carbonyl (C=O) groups excluding carboxylic acids is 3. The molecular weight excluding hydrogens is 504 g/mol. The van der Waals surface area contributed by atoms with E-state index in [1.54, 1.807) is 0 Å². The van der Waals surface area contributed by atoms with Gasteiger partial charge in [0.25, 0.3) is 0 Å². The molecule has 6 aliphatic rings. The van der Waals surface area contributed by atoms with E-state index in [9.17, 15) is 14.4 Å². The maximum Gasteiger partial charge on any atom is 0.316 e. The molecule has 10 atom stereocenters. The van der Waals surface area contributed by atoms with Crippen molar-refractivity contribution in [1.29, 1.82) is 0 Å². The van der Waals surface area contributed by atoms with Gasteiger partial charge in [0, 0.05) is 30.6 Å². The number of rotatable bonds is 2. The third kappa shape index (κ3) is 3.26. The van der Waals surface area contributed by atoms with E-state index in [0.29, 0.717) is 18.3 Å². The Morgan fingerprint density at radius 1 is 0.725 bits per heavy atom. The first-order chi connectivity index (χ1) is 18.4. The summed E-state index contributed by atoms with van der Waals surface area (Å²) >= 11 is 0. The van der Waals surface area contributed by atoms with Crippen molar-refractivity contribution in [3.63, 3.8) is 0 Å². The van der Waals surface area contributed by atoms with Crippen LogP contribution >= 0.6 is 0 Å². The van der Waals surface area contributed by atoms with Gasteiger partial charge in [-0.2, -0.15) is 0 Å². The van der Waals surface area contributed by atoms with Crippen LogP contribution in [-0.4, -0.2) is 35.7 Å². The van der Waals surface area contributed by atoms with Gasteiger partial charge in [0.05, 0.1) is 0 Å². The standard InChI is InChI=1S/C34H52O6/c1-20(35)38-25-12-13-30(7)22(29(25,5)6)10-14-31(8)23(30)11-15-34-24-18-28(3,4)16-17-33(24,27(37)40-34)26(39-21(2)36)19-32(31,34)9/h22-26H,10-19H2,1-9H3/t22-,23+,24+,25-,26+,30-,31+,32-,33+,34-/m0/s1. The van der Waals surface area contributed by atoms with Crippen LogP contribution < -0.4 is 0 Å². The van der Waals surface area contributed by atoms with Gasteiger partial charge in [-0.25, -0.2) is 0 Å². The van der Waals surface area contributed by atoms with E-state index >= 15 is 0 Å². The summed E-state index contributed by atoms with van der Waals surface area (Å²) in [5.41, 5.74) is -1.50. The number of fused-ring (bicyclic) bond motifs is 4. The largest absolute Gasteiger partial charge is 0.462 e. The van der Waals surface area contributed by atoms with E-state index < -0.39 is 17.1 Å². The third-order valence-electron chi connectivity index (χ3n) is 14.6. The average molecular weight is 557 g/mol. The third-order valence-corrected chi connectivity index (χ3v) is 14.6. The first-order valence-corrected chi connectivity index (χ1v) is 16.0. The van der Waals surface area contributed by atoms with Crippen LogP contribution in [0.2, 0.25) is 0 Å². The van der Waals surface area contributed by atoms with Crippen LogP contribution in [0.15, 0.2) is 0 Å². The van der Waals surface area contributed by atoms with E-state index in [2.05, 4.69) is 48.5 Å². The molecule has 0 radical (unpaired) electrons. The van der Waals surface area contributed by atoms with Gasteiger partial charge in [-0.3, -0.25) is 14.4 Å². The minimum absolute atomic E-state index is 0.0538. The van der Waals surface area contributed by atoms with E-state index in [1.165, 1.54) is 13.8 Å². The van der Waals surface area contributed by atoms with Crippen molar-refractivity contribution in [2.24, 2.45) is 50.2 Å². The molecule has 6 fully saturated rings. The highest BCUT2D eigenvalue weighted by atomic mass is 16.6. The normalized spacial score (nSPS) is 51.7. The summed E-state index contributed by atoms with van der Waals surface area (Å²) in [5.74, 6) is 0.383. The molecule has 6 heteroatoms. The highest BCUT2D eigenvalue weighted by molar-refractivity contribution is 5.83. The molecule has 0 unspecified atom stereocenters. The van der Waals surface area contributed by atoms with Crippen LogP contribution in [0.1, 0.15) is 127 Å². The molecular formula is C34H52O6. The van der Waals surface area contributed by atoms with E-state index in [0.717, 1.165) is 57.8 Å². The Labute approximate surface area is 241 Å². The second-order valence-electron chi connectivity index (χ2n) is 16.9. The molecule has 5 saturated carbocycles. The van der Waals surface area contributed by atoms with Crippen molar-refractivity contribution in [3.05, 3.63) is 0 Å². The Bertz CT molecular complexity index is 1140. The predicted molar refractivity (Wildman–Crippen MR) is 151 cm³/mol. The van der Waals surface area contributed by atoms with Gasteiger partial charge < -0.3 is 14.2 Å². The molecule has 1 aliphatic heterocycles. The first kappa shape index (κ1) is 28.5. The lowest BCUT2D eigenvalue weighted by atomic mass is 9.30. The monoisotopic (exact) mass is 556 g/mol. The van der Waals surface area contributed by atoms with Crippen molar-refractivity contribution >= 4 is 17.9 Å². The van der Waals surface area contributed by atoms with E-state index in [-0.39, 0.29) is 57.0 Å². The van der Waals surface area contributed by atoms with Crippen molar-refractivity contribution in [1.82, 2.24) is 0 Å². The lowest BCUT2D eigenvalue weighted by Crippen LogP contribution is -2.74. The van der Waals surface area contributed by atoms with Gasteiger partial charge in [-0.15, -0.1) is 0 Å². The summed E-state index contributed by atoms with van der Waals surface area (Å²) < 4.78 is 18.9. The van der Waals surface area contributed by atoms with Crippen molar-refractivity contribution in [2.75, 3.05) is 0 Å². The zero-order chi connectivity index (χ0) is 29.3. The highest BCUT2D eigenvalue weighted by Gasteiger charge is 2.83. The number of hydrogen-bond donors (Lipinski definition) is 0. The molecule has 6 rings (SSSR count). The van der Waals surface area contributed by atoms with Crippen LogP contribution in [0, 0.1) is 50.2 Å². The van der Waals surface area contributed by atoms with Crippen LogP contribution in [0.4, 0.5) is 0 Å². The van der Waals surface area contributed by atoms with Crippen molar-refractivity contribution in [3.8, 4) is 0 Å². The summed E-state index contributed by atoms with van der Waals surface area (Å²) in [6, 6.07) is 0. The van der Waals surface area contributed by atoms with E-state index in [1.807, 2.05) is 0 Å². The zero-order valence-corrected chi connectivity index (χ0v) is 26.4. The summed E-state index contributed by atoms with van der Waals surface area (Å²) in [7, 11) is 0. The number of ether oxygens (including phenoxy) is 3. The van der Waals surface area contributed by atoms with Gasteiger partial charge in [0.2, 0.25) is 0 Å². The number of esters is 3. The maximum atomic E-state index is 14.1. The Hall–Kier alpha value is -1.59. The predicted octanol–water partition coefficient (Wildman–Crippen LogP) is 7.02. The molecule has 0 amide bonds. The second kappa shape index (κ2) is 8.28. The van der Waals surface area contributed by atoms with Crippen LogP contribution in [0.25, 0.3) is 0 Å². The van der Waals surface area contributed by atoms with Crippen LogP contribution in [0.5, 0.6) is 0 Å². The summed E-state index contributed by atoms with van der Waals surface area (Å²) in [6.45, 7) is 19.7. The zero-order valence-electron chi connectivity index (χ0n) is 26.4. The number of carbonyl (C=O) groups is 3. The molecule has 0 aromatic rings. The Balaban J connectivity index is 1.45. The Kier molecular flexibility index (Phi) is 5.90. The minimum atomic E-state index is -0.713. The molecule has 0 N–H and O–H groups in total. The van der Waals surface area contributed by atoms with Gasteiger partial charge in [0.1, 0.15) is 23.2 Å². The number of hydrogen-bond acceptors (Lipinski definition) is 6. The minimum Gasteiger partial charge on any atom is -0.462 e. The second-order valence-corrected chi connectivity index (χ2v) is 16.9. The van der Waals surface area contributed by atoms with Gasteiger partial charge >= 0.3 is 17.9 Å². The van der Waals surface area contributed by atoms with Gasteiger partial charge in [-0.1, -0.05) is 48.5 Å². The molecule has 2 bridgehead atoms. The van der Waals surface area contributed by atoms with Crippen LogP contribution in [0.3, 0.4) is 0 Å². The topological polar surface area (TPSA) is 78.9 Å². The lowest BCUT2D eigenvalue weighted by Gasteiger charge is -2.74. The Morgan fingerprint density at radius 3 is 2.00 bits per heavy atom. The SMILES string of the molecule is CC(=O)O[C@H]1CC[C@]2(C)[C@H]3CC[C@]45OC(=O)[C@@]6(CCC(C)(C)C[C@H]64)[C@H](OC(C)=O)C[C@@]5(C)[C@]3(C)CC[C@H]2C1(C)C. The average Bonchev–Trinajstić information content (AvgIpc) is 3.02. The fourth-order valence-electron chi connectivity index (χ4n) is 12.6. The van der Waals surface area contributed by atoms with E-state index in [4.69, 9.17) is 14.2 Å². The maximum absolute atomic E-state index is 14.1. The smallest absolute Gasteiger partial charge is 0.316 e. The Morgan fingerprint density at radius 2 is 1.35 bits per heavy atom. The van der Waals surface area contributed by atoms with Crippen molar-refractivity contribution in [2.45, 2.75) is 144 Å². The summed E-state index contributed by atoms with van der Waals surface area (Å²) in [4.78, 5) is 38.6. The molecule has 1 heterocycles. The van der Waals surface area contributed by atoms with Gasteiger partial charge in [0.15, 0.2) is 0 Å². The van der Waals surface area contributed by atoms with Crippen LogP contribution in [-0.2, 0) is 28.6 Å². The molecule has 6 nitrogen and oxygen atoms in total. The highest BCUT2D eigenvalue weighted by Crippen LogP contribution is 2.81. The molecule has 0 aromatic heterocycles. The molecule has 5 aliphatic carbocycles. The fourth-order valence-corrected chi connectivity index (χ4v) is 12.6. The quantitative estimate of drug-likeness (QED) is 0.269. The fraction of sp³-hybridized carbons (Fsp3) is 0.912. The first-order valence-electron chi connectivity index (χ1n) is 16.0. The summed E-state index contributed by atoms with van der Waals surface area (Å²) in [6.07, 6.45) is 8.80.